The molecule has 0 unspecified atom stereocenters. The van der Waals surface area contributed by atoms with E-state index in [-0.39, 0.29) is 23.8 Å². The highest BCUT2D eigenvalue weighted by Gasteiger charge is 2.13. The van der Waals surface area contributed by atoms with Gasteiger partial charge in [0.15, 0.2) is 4.80 Å². The van der Waals surface area contributed by atoms with Gasteiger partial charge in [0.2, 0.25) is 10.0 Å². The molecule has 0 saturated carbocycles. The van der Waals surface area contributed by atoms with Gasteiger partial charge in [0.05, 0.1) is 28.1 Å². The summed E-state index contributed by atoms with van der Waals surface area (Å²) in [6.07, 6.45) is 5.64. The first-order valence-corrected chi connectivity index (χ1v) is 10.8. The highest BCUT2D eigenvalue weighted by atomic mass is 32.2. The molecule has 8 heteroatoms. The van der Waals surface area contributed by atoms with Crippen LogP contribution in [0, 0.1) is 26.2 Å². The van der Waals surface area contributed by atoms with Gasteiger partial charge >= 0.3 is 0 Å². The normalized spacial score (nSPS) is 12.3. The fraction of sp³-hybridized carbons (Fsp3) is 0.200. The molecule has 0 spiro atoms. The number of thiazole rings is 1. The molecule has 0 radical (unpaired) electrons. The second-order valence-corrected chi connectivity index (χ2v) is 9.03. The van der Waals surface area contributed by atoms with Gasteiger partial charge in [-0.2, -0.15) is 4.99 Å². The molecular formula is C20H19N3O3S2. The van der Waals surface area contributed by atoms with Crippen LogP contribution in [0.5, 0.6) is 0 Å². The number of aryl methyl sites for hydroxylation is 2. The lowest BCUT2D eigenvalue weighted by molar-refractivity contribution is -0.117. The summed E-state index contributed by atoms with van der Waals surface area (Å²) >= 11 is 1.20. The smallest absolute Gasteiger partial charge is 0.252 e. The molecule has 3 rings (SSSR count). The van der Waals surface area contributed by atoms with Crippen molar-refractivity contribution in [2.75, 3.05) is 0 Å². The number of rotatable bonds is 4. The van der Waals surface area contributed by atoms with Crippen LogP contribution in [0.2, 0.25) is 0 Å². The third kappa shape index (κ3) is 4.22. The topological polar surface area (TPSA) is 94.5 Å². The summed E-state index contributed by atoms with van der Waals surface area (Å²) in [7, 11) is -3.82. The lowest BCUT2D eigenvalue weighted by Gasteiger charge is -2.04. The number of amides is 1. The van der Waals surface area contributed by atoms with Gasteiger partial charge in [-0.05, 0) is 43.2 Å². The van der Waals surface area contributed by atoms with Crippen LogP contribution in [0.3, 0.4) is 0 Å². The van der Waals surface area contributed by atoms with E-state index in [0.29, 0.717) is 15.0 Å². The predicted molar refractivity (Wildman–Crippen MR) is 110 cm³/mol. The Bertz CT molecular complexity index is 1290. The number of nitrogens with zero attached hydrogens (tertiary/aromatic N) is 2. The van der Waals surface area contributed by atoms with Crippen molar-refractivity contribution in [1.82, 2.24) is 4.57 Å². The van der Waals surface area contributed by atoms with E-state index >= 15 is 0 Å². The molecule has 0 fully saturated rings. The zero-order chi connectivity index (χ0) is 20.5. The number of aromatic nitrogens is 1. The molecule has 2 N–H and O–H groups in total. The van der Waals surface area contributed by atoms with E-state index < -0.39 is 10.0 Å². The molecule has 2 aromatic carbocycles. The van der Waals surface area contributed by atoms with Gasteiger partial charge in [-0.1, -0.05) is 41.0 Å². The molecule has 0 saturated heterocycles. The van der Waals surface area contributed by atoms with Gasteiger partial charge in [-0.15, -0.1) is 6.42 Å². The number of terminal acetylenes is 1. The monoisotopic (exact) mass is 413 g/mol. The van der Waals surface area contributed by atoms with Crippen LogP contribution in [0.4, 0.5) is 0 Å². The summed E-state index contributed by atoms with van der Waals surface area (Å²) in [5.74, 6) is 2.25. The Morgan fingerprint density at radius 2 is 2.00 bits per heavy atom. The predicted octanol–water partition coefficient (Wildman–Crippen LogP) is 2.27. The van der Waals surface area contributed by atoms with Crippen molar-refractivity contribution in [3.05, 3.63) is 57.9 Å². The summed E-state index contributed by atoms with van der Waals surface area (Å²) in [5, 5.41) is 5.20. The molecule has 144 valence electrons. The summed E-state index contributed by atoms with van der Waals surface area (Å²) in [4.78, 5) is 17.2. The van der Waals surface area contributed by atoms with Gasteiger partial charge in [-0.3, -0.25) is 4.79 Å². The first-order valence-electron chi connectivity index (χ1n) is 8.42. The molecule has 1 amide bonds. The molecule has 0 bridgehead atoms. The number of benzene rings is 2. The molecule has 6 nitrogen and oxygen atoms in total. The Hall–Kier alpha value is -2.73. The molecule has 0 aliphatic heterocycles. The van der Waals surface area contributed by atoms with Crippen LogP contribution in [-0.4, -0.2) is 18.9 Å². The second-order valence-electron chi connectivity index (χ2n) is 6.46. The van der Waals surface area contributed by atoms with Gasteiger partial charge in [0.1, 0.15) is 0 Å². The highest BCUT2D eigenvalue weighted by molar-refractivity contribution is 7.89. The SMILES string of the molecule is C#CCn1c(=NC(=O)Cc2ccc(C)cc2C)sc2cc(S(N)(=O)=O)ccc21. The van der Waals surface area contributed by atoms with Gasteiger partial charge < -0.3 is 4.57 Å². The summed E-state index contributed by atoms with van der Waals surface area (Å²) < 4.78 is 25.5. The van der Waals surface area contributed by atoms with E-state index in [1.54, 1.807) is 10.6 Å². The maximum Gasteiger partial charge on any atom is 0.252 e. The van der Waals surface area contributed by atoms with Crippen LogP contribution in [0.25, 0.3) is 10.2 Å². The molecule has 28 heavy (non-hydrogen) atoms. The van der Waals surface area contributed by atoms with Crippen molar-refractivity contribution in [3.8, 4) is 12.3 Å². The fourth-order valence-corrected chi connectivity index (χ4v) is 4.61. The molecule has 1 heterocycles. The average molecular weight is 414 g/mol. The van der Waals surface area contributed by atoms with Crippen molar-refractivity contribution >= 4 is 37.5 Å². The number of hydrogen-bond acceptors (Lipinski definition) is 4. The minimum Gasteiger partial charge on any atom is -0.305 e. The Morgan fingerprint density at radius 3 is 2.64 bits per heavy atom. The maximum atomic E-state index is 12.5. The quantitative estimate of drug-likeness (QED) is 0.665. The molecule has 0 atom stereocenters. The second kappa shape index (κ2) is 7.72. The number of sulfonamides is 1. The van der Waals surface area contributed by atoms with Gasteiger partial charge in [0.25, 0.3) is 5.91 Å². The molecule has 0 aliphatic rings. The van der Waals surface area contributed by atoms with Crippen LogP contribution < -0.4 is 9.94 Å². The van der Waals surface area contributed by atoms with Crippen LogP contribution in [0.1, 0.15) is 16.7 Å². The van der Waals surface area contributed by atoms with E-state index in [0.717, 1.165) is 16.7 Å². The van der Waals surface area contributed by atoms with Crippen molar-refractivity contribution < 1.29 is 13.2 Å². The van der Waals surface area contributed by atoms with E-state index in [1.807, 2.05) is 32.0 Å². The third-order valence-corrected chi connectivity index (χ3v) is 6.24. The van der Waals surface area contributed by atoms with Crippen LogP contribution >= 0.6 is 11.3 Å². The van der Waals surface area contributed by atoms with E-state index in [4.69, 9.17) is 11.6 Å². The first kappa shape index (κ1) is 20.0. The minimum atomic E-state index is -3.82. The van der Waals surface area contributed by atoms with Crippen molar-refractivity contribution in [2.45, 2.75) is 31.7 Å². The standard InChI is InChI=1S/C20H19N3O3S2/c1-4-9-23-17-8-7-16(28(21,25)26)12-18(17)27-20(23)22-19(24)11-15-6-5-13(2)10-14(15)3/h1,5-8,10,12H,9,11H2,2-3H3,(H2,21,25,26). The Labute approximate surface area is 167 Å². The number of hydrogen-bond donors (Lipinski definition) is 1. The molecule has 0 aliphatic carbocycles. The Morgan fingerprint density at radius 1 is 1.25 bits per heavy atom. The number of fused-ring (bicyclic) bond motifs is 1. The van der Waals surface area contributed by atoms with Gasteiger partial charge in [0, 0.05) is 0 Å². The Balaban J connectivity index is 2.06. The zero-order valence-corrected chi connectivity index (χ0v) is 17.1. The number of carbonyl (C=O) groups is 1. The zero-order valence-electron chi connectivity index (χ0n) is 15.5. The molecule has 1 aromatic heterocycles. The van der Waals surface area contributed by atoms with Gasteiger partial charge in [-0.25, -0.2) is 13.6 Å². The summed E-state index contributed by atoms with van der Waals surface area (Å²) in [6.45, 7) is 4.17. The molecule has 3 aromatic rings. The van der Waals surface area contributed by atoms with Crippen molar-refractivity contribution in [1.29, 1.82) is 0 Å². The highest BCUT2D eigenvalue weighted by Crippen LogP contribution is 2.21. The van der Waals surface area contributed by atoms with Crippen LogP contribution in [-0.2, 0) is 27.8 Å². The van der Waals surface area contributed by atoms with Crippen molar-refractivity contribution in [3.63, 3.8) is 0 Å². The summed E-state index contributed by atoms with van der Waals surface area (Å²) in [6, 6.07) is 10.4. The largest absolute Gasteiger partial charge is 0.305 e. The van der Waals surface area contributed by atoms with E-state index in [9.17, 15) is 13.2 Å². The lowest BCUT2D eigenvalue weighted by atomic mass is 10.0. The number of carbonyl (C=O) groups excluding carboxylic acids is 1. The minimum absolute atomic E-state index is 0.00210. The Kier molecular flexibility index (Phi) is 5.52. The molecular weight excluding hydrogens is 394 g/mol. The first-order chi connectivity index (χ1) is 13.2. The number of nitrogens with two attached hydrogens (primary N) is 1. The van der Waals surface area contributed by atoms with Crippen LogP contribution in [0.15, 0.2) is 46.3 Å². The number of primary sulfonamides is 1. The van der Waals surface area contributed by atoms with Crippen molar-refractivity contribution in [2.24, 2.45) is 10.1 Å². The van der Waals surface area contributed by atoms with E-state index in [1.165, 1.54) is 23.5 Å². The maximum absolute atomic E-state index is 12.5. The van der Waals surface area contributed by atoms with E-state index in [2.05, 4.69) is 10.9 Å². The lowest BCUT2D eigenvalue weighted by Crippen LogP contribution is -2.17. The summed E-state index contributed by atoms with van der Waals surface area (Å²) in [5.41, 5.74) is 3.79. The average Bonchev–Trinajstić information content (AvgIpc) is 2.93. The fourth-order valence-electron chi connectivity index (χ4n) is 2.91. The third-order valence-electron chi connectivity index (χ3n) is 4.29.